The molecule has 0 amide bonds. The van der Waals surface area contributed by atoms with Crippen molar-refractivity contribution in [2.45, 2.75) is 26.2 Å². The van der Waals surface area contributed by atoms with Gasteiger partial charge in [0.25, 0.3) is 0 Å². The molecule has 1 saturated carbocycles. The van der Waals surface area contributed by atoms with Crippen LogP contribution in [0.4, 0.5) is 5.82 Å². The average Bonchev–Trinajstić information content (AvgIpc) is 2.63. The second-order valence-electron chi connectivity index (χ2n) is 4.65. The molecule has 2 atom stereocenters. The van der Waals surface area contributed by atoms with Gasteiger partial charge < -0.3 is 5.32 Å². The quantitative estimate of drug-likeness (QED) is 0.873. The van der Waals surface area contributed by atoms with Crippen molar-refractivity contribution in [1.29, 1.82) is 0 Å². The zero-order chi connectivity index (χ0) is 11.5. The number of aromatic nitrogens is 1. The second-order valence-corrected chi connectivity index (χ2v) is 6.42. The molecule has 2 rings (SSSR count). The third-order valence-electron chi connectivity index (χ3n) is 3.17. The molecule has 1 aliphatic carbocycles. The van der Waals surface area contributed by atoms with Gasteiger partial charge in [0, 0.05) is 17.2 Å². The Balaban J connectivity index is 1.89. The highest BCUT2D eigenvalue weighted by molar-refractivity contribution is 9.11. The van der Waals surface area contributed by atoms with Crippen LogP contribution in [0, 0.1) is 11.8 Å². The van der Waals surface area contributed by atoms with Crippen LogP contribution in [0.15, 0.2) is 21.2 Å². The third kappa shape index (κ3) is 3.20. The van der Waals surface area contributed by atoms with Gasteiger partial charge in [-0.3, -0.25) is 0 Å². The van der Waals surface area contributed by atoms with E-state index in [-0.39, 0.29) is 0 Å². The molecular weight excluding hydrogens is 332 g/mol. The maximum absolute atomic E-state index is 4.35. The molecule has 0 radical (unpaired) electrons. The minimum absolute atomic E-state index is 0.812. The van der Waals surface area contributed by atoms with Gasteiger partial charge in [-0.05, 0) is 62.6 Å². The fourth-order valence-electron chi connectivity index (χ4n) is 2.30. The Morgan fingerprint density at radius 1 is 1.44 bits per heavy atom. The summed E-state index contributed by atoms with van der Waals surface area (Å²) in [5.74, 6) is 2.66. The molecule has 1 aliphatic rings. The van der Waals surface area contributed by atoms with Crippen molar-refractivity contribution < 1.29 is 0 Å². The topological polar surface area (TPSA) is 24.9 Å². The lowest BCUT2D eigenvalue weighted by molar-refractivity contribution is 0.536. The molecule has 0 spiro atoms. The monoisotopic (exact) mass is 346 g/mol. The van der Waals surface area contributed by atoms with Crippen LogP contribution in [0.25, 0.3) is 0 Å². The number of nitrogens with one attached hydrogen (secondary N) is 1. The summed E-state index contributed by atoms with van der Waals surface area (Å²) in [5, 5.41) is 3.42. The zero-order valence-electron chi connectivity index (χ0n) is 9.34. The molecule has 1 aromatic heterocycles. The van der Waals surface area contributed by atoms with Crippen LogP contribution in [0.1, 0.15) is 26.2 Å². The molecule has 16 heavy (non-hydrogen) atoms. The van der Waals surface area contributed by atoms with E-state index in [1.807, 2.05) is 12.3 Å². The number of hydrogen-bond donors (Lipinski definition) is 1. The number of nitrogens with zero attached hydrogens (tertiary/aromatic N) is 1. The molecule has 0 aliphatic heterocycles. The van der Waals surface area contributed by atoms with Gasteiger partial charge in [-0.25, -0.2) is 4.98 Å². The maximum atomic E-state index is 4.35. The van der Waals surface area contributed by atoms with Crippen molar-refractivity contribution in [2.75, 3.05) is 11.9 Å². The van der Waals surface area contributed by atoms with Crippen molar-refractivity contribution >= 4 is 37.7 Å². The first-order valence-corrected chi connectivity index (χ1v) is 7.28. The molecule has 0 aromatic carbocycles. The number of halogens is 2. The summed E-state index contributed by atoms with van der Waals surface area (Å²) in [6.45, 7) is 3.38. The number of rotatable bonds is 3. The molecule has 1 aromatic rings. The normalized spacial score (nSPS) is 24.7. The van der Waals surface area contributed by atoms with Crippen LogP contribution in [-0.2, 0) is 0 Å². The van der Waals surface area contributed by atoms with E-state index in [9.17, 15) is 0 Å². The van der Waals surface area contributed by atoms with E-state index in [1.54, 1.807) is 0 Å². The molecule has 88 valence electrons. The smallest absolute Gasteiger partial charge is 0.140 e. The fraction of sp³-hybridized carbons (Fsp3) is 0.583. The zero-order valence-corrected chi connectivity index (χ0v) is 12.5. The molecule has 0 saturated heterocycles. The van der Waals surface area contributed by atoms with Crippen LogP contribution >= 0.6 is 31.9 Å². The molecule has 1 fully saturated rings. The van der Waals surface area contributed by atoms with Gasteiger partial charge in [0.2, 0.25) is 0 Å². The molecule has 4 heteroatoms. The highest BCUT2D eigenvalue weighted by atomic mass is 79.9. The van der Waals surface area contributed by atoms with Crippen molar-refractivity contribution in [2.24, 2.45) is 11.8 Å². The van der Waals surface area contributed by atoms with Crippen molar-refractivity contribution in [1.82, 2.24) is 4.98 Å². The summed E-state index contributed by atoms with van der Waals surface area (Å²) < 4.78 is 2.02. The van der Waals surface area contributed by atoms with E-state index in [2.05, 4.69) is 49.1 Å². The van der Waals surface area contributed by atoms with E-state index in [0.717, 1.165) is 33.1 Å². The third-order valence-corrected chi connectivity index (χ3v) is 4.21. The Hall–Kier alpha value is -0.0900. The summed E-state index contributed by atoms with van der Waals surface area (Å²) in [6, 6.07) is 2.02. The molecule has 0 bridgehead atoms. The Morgan fingerprint density at radius 3 is 2.88 bits per heavy atom. The van der Waals surface area contributed by atoms with Gasteiger partial charge in [0.15, 0.2) is 0 Å². The standard InChI is InChI=1S/C12H16Br2N2/c1-8-2-3-9(4-8)6-15-12-11(14)5-10(13)7-16-12/h5,7-9H,2-4,6H2,1H3,(H,15,16). The first-order valence-electron chi connectivity index (χ1n) is 5.70. The van der Waals surface area contributed by atoms with E-state index in [1.165, 1.54) is 19.3 Å². The summed E-state index contributed by atoms with van der Waals surface area (Å²) in [7, 11) is 0. The van der Waals surface area contributed by atoms with Gasteiger partial charge in [-0.2, -0.15) is 0 Å². The van der Waals surface area contributed by atoms with Crippen molar-refractivity contribution in [3.05, 3.63) is 21.2 Å². The lowest BCUT2D eigenvalue weighted by atomic mass is 10.1. The predicted octanol–water partition coefficient (Wildman–Crippen LogP) is 4.45. The summed E-state index contributed by atoms with van der Waals surface area (Å²) in [4.78, 5) is 4.35. The number of hydrogen-bond acceptors (Lipinski definition) is 2. The Kier molecular flexibility index (Phi) is 4.25. The lowest BCUT2D eigenvalue weighted by Crippen LogP contribution is -2.12. The second kappa shape index (κ2) is 5.50. The maximum Gasteiger partial charge on any atom is 0.140 e. The first-order chi connectivity index (χ1) is 7.65. The van der Waals surface area contributed by atoms with E-state index in [0.29, 0.717) is 0 Å². The van der Waals surface area contributed by atoms with E-state index >= 15 is 0 Å². The molecule has 1 N–H and O–H groups in total. The Labute approximate surface area is 113 Å². The van der Waals surface area contributed by atoms with Gasteiger partial charge in [0.05, 0.1) is 4.47 Å². The molecule has 1 heterocycles. The van der Waals surface area contributed by atoms with Crippen molar-refractivity contribution in [3.8, 4) is 0 Å². The van der Waals surface area contributed by atoms with Gasteiger partial charge in [0.1, 0.15) is 5.82 Å². The van der Waals surface area contributed by atoms with Crippen LogP contribution < -0.4 is 5.32 Å². The molecule has 2 unspecified atom stereocenters. The Morgan fingerprint density at radius 2 is 2.25 bits per heavy atom. The van der Waals surface area contributed by atoms with Crippen LogP contribution in [0.3, 0.4) is 0 Å². The minimum atomic E-state index is 0.812. The predicted molar refractivity (Wildman–Crippen MR) is 74.6 cm³/mol. The van der Waals surface area contributed by atoms with Gasteiger partial charge >= 0.3 is 0 Å². The van der Waals surface area contributed by atoms with Gasteiger partial charge in [-0.15, -0.1) is 0 Å². The molecule has 2 nitrogen and oxygen atoms in total. The highest BCUT2D eigenvalue weighted by Crippen LogP contribution is 2.31. The SMILES string of the molecule is CC1CCC(CNc2ncc(Br)cc2Br)C1. The molecular formula is C12H16Br2N2. The summed E-state index contributed by atoms with van der Waals surface area (Å²) in [6.07, 6.45) is 5.90. The van der Waals surface area contributed by atoms with Crippen molar-refractivity contribution in [3.63, 3.8) is 0 Å². The van der Waals surface area contributed by atoms with E-state index < -0.39 is 0 Å². The summed E-state index contributed by atoms with van der Waals surface area (Å²) in [5.41, 5.74) is 0. The van der Waals surface area contributed by atoms with E-state index in [4.69, 9.17) is 0 Å². The lowest BCUT2D eigenvalue weighted by Gasteiger charge is -2.12. The minimum Gasteiger partial charge on any atom is -0.369 e. The Bertz CT molecular complexity index is 368. The largest absolute Gasteiger partial charge is 0.369 e. The van der Waals surface area contributed by atoms with Gasteiger partial charge in [-0.1, -0.05) is 13.3 Å². The summed E-state index contributed by atoms with van der Waals surface area (Å²) >= 11 is 6.91. The van der Waals surface area contributed by atoms with Crippen LogP contribution in [0.2, 0.25) is 0 Å². The average molecular weight is 348 g/mol. The number of anilines is 1. The fourth-order valence-corrected chi connectivity index (χ4v) is 3.42. The first kappa shape index (κ1) is 12.4. The van der Waals surface area contributed by atoms with Crippen LogP contribution in [0.5, 0.6) is 0 Å². The number of pyridine rings is 1. The van der Waals surface area contributed by atoms with Crippen LogP contribution in [-0.4, -0.2) is 11.5 Å². The highest BCUT2D eigenvalue weighted by Gasteiger charge is 2.21.